The lowest BCUT2D eigenvalue weighted by molar-refractivity contribution is -0.198. The number of benzene rings is 2. The van der Waals surface area contributed by atoms with Crippen molar-refractivity contribution >= 4 is 22.0 Å². The molecule has 11 heteroatoms. The predicted molar refractivity (Wildman–Crippen MR) is 130 cm³/mol. The molecule has 184 valence electrons. The molecule has 0 radical (unpaired) electrons. The first-order valence-corrected chi connectivity index (χ1v) is 12.9. The fraction of sp³-hybridized carbons (Fsp3) is 0.292. The second-order valence-corrected chi connectivity index (χ2v) is 9.81. The first kappa shape index (κ1) is 24.7. The number of hydrogen-bond acceptors (Lipinski definition) is 7. The van der Waals surface area contributed by atoms with Crippen LogP contribution in [0.2, 0.25) is 0 Å². The minimum absolute atomic E-state index is 0.0958. The number of rotatable bonds is 10. The third kappa shape index (κ3) is 7.82. The fourth-order valence-corrected chi connectivity index (χ4v) is 4.41. The average molecular weight is 498 g/mol. The van der Waals surface area contributed by atoms with Crippen molar-refractivity contribution in [1.82, 2.24) is 25.2 Å². The molecule has 4 rings (SSSR count). The van der Waals surface area contributed by atoms with Gasteiger partial charge in [0.05, 0.1) is 6.20 Å². The normalized spacial score (nSPS) is 16.4. The Bertz CT molecular complexity index is 1250. The van der Waals surface area contributed by atoms with E-state index in [9.17, 15) is 13.2 Å². The highest BCUT2D eigenvalue weighted by Crippen LogP contribution is 2.15. The molecule has 0 bridgehead atoms. The fourth-order valence-electron chi connectivity index (χ4n) is 3.46. The van der Waals surface area contributed by atoms with Gasteiger partial charge in [-0.05, 0) is 30.0 Å². The minimum atomic E-state index is -3.66. The van der Waals surface area contributed by atoms with E-state index in [2.05, 4.69) is 20.5 Å². The predicted octanol–water partition coefficient (Wildman–Crippen LogP) is 2.61. The van der Waals surface area contributed by atoms with Gasteiger partial charge in [-0.25, -0.2) is 28.1 Å². The molecule has 1 saturated heterocycles. The number of carbonyl (C=O) groups is 1. The van der Waals surface area contributed by atoms with Crippen LogP contribution in [0.5, 0.6) is 0 Å². The van der Waals surface area contributed by atoms with Gasteiger partial charge in [0.2, 0.25) is 10.0 Å². The lowest BCUT2D eigenvalue weighted by Gasteiger charge is -2.21. The summed E-state index contributed by atoms with van der Waals surface area (Å²) in [5.74, 6) is -0.759. The van der Waals surface area contributed by atoms with Crippen LogP contribution in [0.1, 0.15) is 30.4 Å². The molecule has 2 aromatic carbocycles. The van der Waals surface area contributed by atoms with Crippen LogP contribution in [0.3, 0.4) is 0 Å². The van der Waals surface area contributed by atoms with Crippen LogP contribution in [0.4, 0.5) is 0 Å². The molecule has 1 aliphatic heterocycles. The molecule has 1 amide bonds. The summed E-state index contributed by atoms with van der Waals surface area (Å²) in [4.78, 5) is 17.2. The van der Waals surface area contributed by atoms with E-state index < -0.39 is 22.2 Å². The molecule has 0 aliphatic carbocycles. The van der Waals surface area contributed by atoms with Crippen LogP contribution in [0, 0.1) is 0 Å². The quantitative estimate of drug-likeness (QED) is 0.326. The van der Waals surface area contributed by atoms with E-state index in [0.29, 0.717) is 12.3 Å². The van der Waals surface area contributed by atoms with Crippen molar-refractivity contribution < 1.29 is 22.8 Å². The number of hydrogen-bond donors (Lipinski definition) is 2. The Labute approximate surface area is 203 Å². The Balaban J connectivity index is 1.27. The van der Waals surface area contributed by atoms with Crippen LogP contribution < -0.4 is 10.2 Å². The zero-order valence-electron chi connectivity index (χ0n) is 19.0. The molecular weight excluding hydrogens is 470 g/mol. The van der Waals surface area contributed by atoms with E-state index in [4.69, 9.17) is 9.57 Å². The summed E-state index contributed by atoms with van der Waals surface area (Å²) < 4.78 is 34.3. The number of nitrogens with one attached hydrogen (secondary N) is 2. The van der Waals surface area contributed by atoms with Gasteiger partial charge in [-0.3, -0.25) is 4.79 Å². The summed E-state index contributed by atoms with van der Waals surface area (Å²) in [6.45, 7) is 0.721. The number of amides is 1. The van der Waals surface area contributed by atoms with Gasteiger partial charge in [-0.2, -0.15) is 0 Å². The first-order valence-electron chi connectivity index (χ1n) is 11.2. The van der Waals surface area contributed by atoms with E-state index >= 15 is 0 Å². The third-order valence-corrected chi connectivity index (χ3v) is 6.40. The van der Waals surface area contributed by atoms with E-state index in [1.165, 1.54) is 10.8 Å². The van der Waals surface area contributed by atoms with E-state index in [1.807, 2.05) is 36.4 Å². The molecule has 2 N–H and O–H groups in total. The molecule has 0 saturated carbocycles. The maximum Gasteiger partial charge on any atom is 0.267 e. The van der Waals surface area contributed by atoms with E-state index in [-0.39, 0.29) is 12.4 Å². The second-order valence-electron chi connectivity index (χ2n) is 8.03. The lowest BCUT2D eigenvalue weighted by Crippen LogP contribution is -2.32. The molecular formula is C24H27N5O5S. The molecule has 3 aromatic rings. The number of carbonyl (C=O) groups excluding carboxylic acids is 1. The first-order chi connectivity index (χ1) is 17.0. The minimum Gasteiger partial charge on any atom is -0.350 e. The standard InChI is InChI=1S/C24H27N5O5S/c30-23(27-34-24-11-4-5-14-33-24)13-12-19-7-6-8-20(15-19)16-25-35(31,32)18-29-17-22(26-28-29)21-9-2-1-3-10-21/h1-3,6-10,12-13,15,17,24-25H,4-5,11,14,16,18H2,(H,27,30)/b13-12+. The van der Waals surface area contributed by atoms with Gasteiger partial charge in [0.1, 0.15) is 5.69 Å². The number of ether oxygens (including phenoxy) is 1. The number of aromatic nitrogens is 3. The number of nitrogens with zero attached hydrogens (tertiary/aromatic N) is 3. The second kappa shape index (κ2) is 11.8. The molecule has 1 unspecified atom stereocenters. The van der Waals surface area contributed by atoms with Crippen LogP contribution in [-0.2, 0) is 36.8 Å². The molecule has 2 heterocycles. The Kier molecular flexibility index (Phi) is 8.37. The van der Waals surface area contributed by atoms with E-state index in [0.717, 1.165) is 36.0 Å². The van der Waals surface area contributed by atoms with Crippen molar-refractivity contribution in [3.63, 3.8) is 0 Å². The van der Waals surface area contributed by atoms with Gasteiger partial charge in [0, 0.05) is 31.2 Å². The van der Waals surface area contributed by atoms with Crippen molar-refractivity contribution in [3.05, 3.63) is 78.0 Å². The average Bonchev–Trinajstić information content (AvgIpc) is 3.34. The summed E-state index contributed by atoms with van der Waals surface area (Å²) >= 11 is 0. The Morgan fingerprint density at radius 1 is 1.17 bits per heavy atom. The summed E-state index contributed by atoms with van der Waals surface area (Å²) in [6, 6.07) is 16.6. The van der Waals surface area contributed by atoms with Crippen LogP contribution in [0.25, 0.3) is 17.3 Å². The highest BCUT2D eigenvalue weighted by Gasteiger charge is 2.15. The number of sulfonamides is 1. The Morgan fingerprint density at radius 3 is 2.83 bits per heavy atom. The zero-order valence-corrected chi connectivity index (χ0v) is 19.9. The van der Waals surface area contributed by atoms with Crippen LogP contribution in [-0.4, -0.2) is 42.2 Å². The topological polar surface area (TPSA) is 124 Å². The van der Waals surface area contributed by atoms with Crippen molar-refractivity contribution in [2.45, 2.75) is 38.0 Å². The van der Waals surface area contributed by atoms with Gasteiger partial charge in [-0.15, -0.1) is 5.10 Å². The highest BCUT2D eigenvalue weighted by molar-refractivity contribution is 7.88. The summed E-state index contributed by atoms with van der Waals surface area (Å²) in [5.41, 5.74) is 5.30. The SMILES string of the molecule is O=C(/C=C/c1cccc(CNS(=O)(=O)Cn2cc(-c3ccccc3)nn2)c1)NOC1CCCCO1. The van der Waals surface area contributed by atoms with Gasteiger partial charge in [0.15, 0.2) is 12.2 Å². The summed E-state index contributed by atoms with van der Waals surface area (Å²) in [6.07, 6.45) is 6.89. The summed E-state index contributed by atoms with van der Waals surface area (Å²) in [5, 5.41) is 7.95. The van der Waals surface area contributed by atoms with Crippen LogP contribution in [0.15, 0.2) is 66.9 Å². The van der Waals surface area contributed by atoms with Gasteiger partial charge in [0.25, 0.3) is 5.91 Å². The van der Waals surface area contributed by atoms with Crippen molar-refractivity contribution in [2.24, 2.45) is 0 Å². The molecule has 0 spiro atoms. The molecule has 10 nitrogen and oxygen atoms in total. The molecule has 1 aliphatic rings. The van der Waals surface area contributed by atoms with Crippen molar-refractivity contribution in [1.29, 1.82) is 0 Å². The van der Waals surface area contributed by atoms with Gasteiger partial charge >= 0.3 is 0 Å². The molecule has 1 atom stereocenters. The van der Waals surface area contributed by atoms with Crippen LogP contribution >= 0.6 is 0 Å². The number of hydroxylamine groups is 1. The highest BCUT2D eigenvalue weighted by atomic mass is 32.2. The zero-order chi connectivity index (χ0) is 24.5. The Hall–Kier alpha value is -3.38. The van der Waals surface area contributed by atoms with Gasteiger partial charge < -0.3 is 4.74 Å². The Morgan fingerprint density at radius 2 is 2.03 bits per heavy atom. The molecule has 1 fully saturated rings. The van der Waals surface area contributed by atoms with E-state index in [1.54, 1.807) is 30.5 Å². The smallest absolute Gasteiger partial charge is 0.267 e. The third-order valence-electron chi connectivity index (χ3n) is 5.21. The maximum absolute atomic E-state index is 12.5. The maximum atomic E-state index is 12.5. The summed E-state index contributed by atoms with van der Waals surface area (Å²) in [7, 11) is -3.66. The largest absolute Gasteiger partial charge is 0.350 e. The molecule has 35 heavy (non-hydrogen) atoms. The van der Waals surface area contributed by atoms with Gasteiger partial charge in [-0.1, -0.05) is 59.8 Å². The van der Waals surface area contributed by atoms with Crippen molar-refractivity contribution in [2.75, 3.05) is 6.61 Å². The van der Waals surface area contributed by atoms with Crippen molar-refractivity contribution in [3.8, 4) is 11.3 Å². The monoisotopic (exact) mass is 497 g/mol. The lowest BCUT2D eigenvalue weighted by atomic mass is 10.1. The molecule has 1 aromatic heterocycles.